The van der Waals surface area contributed by atoms with Crippen LogP contribution in [0.3, 0.4) is 0 Å². The summed E-state index contributed by atoms with van der Waals surface area (Å²) in [6.45, 7) is 1.73. The van der Waals surface area contributed by atoms with E-state index in [2.05, 4.69) is 5.32 Å². The summed E-state index contributed by atoms with van der Waals surface area (Å²) >= 11 is 13.7. The summed E-state index contributed by atoms with van der Waals surface area (Å²) in [6.07, 6.45) is 2.05. The van der Waals surface area contributed by atoms with Crippen molar-refractivity contribution in [1.29, 1.82) is 0 Å². The minimum absolute atomic E-state index is 0.239. The van der Waals surface area contributed by atoms with Crippen LogP contribution < -0.4 is 10.1 Å². The molecule has 1 aromatic carbocycles. The molecule has 1 saturated heterocycles. The first-order chi connectivity index (χ1) is 9.65. The molecule has 0 aliphatic carbocycles. The highest BCUT2D eigenvalue weighted by molar-refractivity contribution is 8.00. The van der Waals surface area contributed by atoms with Crippen molar-refractivity contribution in [2.45, 2.75) is 24.2 Å². The van der Waals surface area contributed by atoms with Gasteiger partial charge in [-0.15, -0.1) is 0 Å². The molecule has 2 atom stereocenters. The third-order valence-electron chi connectivity index (χ3n) is 3.11. The van der Waals surface area contributed by atoms with Crippen molar-refractivity contribution in [3.63, 3.8) is 0 Å². The van der Waals surface area contributed by atoms with Crippen LogP contribution in [-0.2, 0) is 0 Å². The summed E-state index contributed by atoms with van der Waals surface area (Å²) in [5.74, 6) is 1.87. The average molecular weight is 336 g/mol. The van der Waals surface area contributed by atoms with Crippen molar-refractivity contribution in [1.82, 2.24) is 5.32 Å². The van der Waals surface area contributed by atoms with Crippen molar-refractivity contribution in [2.75, 3.05) is 25.4 Å². The van der Waals surface area contributed by atoms with Gasteiger partial charge in [-0.25, -0.2) is 0 Å². The van der Waals surface area contributed by atoms with Gasteiger partial charge in [0.1, 0.15) is 18.5 Å². The van der Waals surface area contributed by atoms with Gasteiger partial charge in [0.15, 0.2) is 0 Å². The maximum Gasteiger partial charge on any atom is 0.121 e. The number of thioether (sulfide) groups is 1. The number of rotatable bonds is 7. The molecular formula is C14H19Cl2NO2S. The van der Waals surface area contributed by atoms with E-state index in [1.165, 1.54) is 18.6 Å². The van der Waals surface area contributed by atoms with Gasteiger partial charge < -0.3 is 15.2 Å². The Balaban J connectivity index is 1.63. The van der Waals surface area contributed by atoms with E-state index >= 15 is 0 Å². The van der Waals surface area contributed by atoms with Crippen LogP contribution in [0.5, 0.6) is 5.75 Å². The predicted molar refractivity (Wildman–Crippen MR) is 86.3 cm³/mol. The zero-order chi connectivity index (χ0) is 14.4. The quantitative estimate of drug-likeness (QED) is 0.802. The third-order valence-corrected chi connectivity index (χ3v) is 5.25. The molecule has 1 heterocycles. The van der Waals surface area contributed by atoms with Crippen molar-refractivity contribution in [3.05, 3.63) is 28.2 Å². The number of hydrogen-bond donors (Lipinski definition) is 2. The SMILES string of the molecule is OC(CNCC1CCCS1)COc1ccc(Cl)c(Cl)c1. The Kier molecular flexibility index (Phi) is 6.78. The molecule has 0 saturated carbocycles. The number of nitrogens with one attached hydrogen (secondary N) is 1. The van der Waals surface area contributed by atoms with E-state index in [0.29, 0.717) is 27.6 Å². The fourth-order valence-electron chi connectivity index (χ4n) is 2.03. The fraction of sp³-hybridized carbons (Fsp3) is 0.571. The van der Waals surface area contributed by atoms with Gasteiger partial charge in [-0.1, -0.05) is 23.2 Å². The van der Waals surface area contributed by atoms with Gasteiger partial charge in [0.25, 0.3) is 0 Å². The van der Waals surface area contributed by atoms with Crippen LogP contribution in [0.15, 0.2) is 18.2 Å². The number of halogens is 2. The molecule has 3 nitrogen and oxygen atoms in total. The second kappa shape index (κ2) is 8.35. The molecule has 1 aromatic rings. The van der Waals surface area contributed by atoms with Crippen molar-refractivity contribution >= 4 is 35.0 Å². The molecule has 1 aliphatic rings. The van der Waals surface area contributed by atoms with Gasteiger partial charge in [-0.3, -0.25) is 0 Å². The summed E-state index contributed by atoms with van der Waals surface area (Å²) in [7, 11) is 0. The molecular weight excluding hydrogens is 317 g/mol. The summed E-state index contributed by atoms with van der Waals surface area (Å²) in [5, 5.41) is 14.8. The zero-order valence-corrected chi connectivity index (χ0v) is 13.5. The van der Waals surface area contributed by atoms with Crippen LogP contribution in [0.25, 0.3) is 0 Å². The Hall–Kier alpha value is -0.130. The molecule has 2 N–H and O–H groups in total. The van der Waals surface area contributed by atoms with E-state index in [1.807, 2.05) is 11.8 Å². The van der Waals surface area contributed by atoms with Gasteiger partial charge in [0.05, 0.1) is 10.0 Å². The summed E-state index contributed by atoms with van der Waals surface area (Å²) in [4.78, 5) is 0. The molecule has 1 fully saturated rings. The molecule has 0 spiro atoms. The maximum absolute atomic E-state index is 9.85. The average Bonchev–Trinajstić information content (AvgIpc) is 2.93. The predicted octanol–water partition coefficient (Wildman–Crippen LogP) is 3.22. The topological polar surface area (TPSA) is 41.5 Å². The highest BCUT2D eigenvalue weighted by Gasteiger charge is 2.15. The second-order valence-corrected chi connectivity index (χ2v) is 7.06. The molecule has 6 heteroatoms. The summed E-state index contributed by atoms with van der Waals surface area (Å²) in [5.41, 5.74) is 0. The molecule has 0 amide bonds. The Morgan fingerprint density at radius 3 is 2.95 bits per heavy atom. The molecule has 2 unspecified atom stereocenters. The molecule has 0 radical (unpaired) electrons. The maximum atomic E-state index is 9.85. The molecule has 0 bridgehead atoms. The van der Waals surface area contributed by atoms with Crippen LogP contribution >= 0.6 is 35.0 Å². The molecule has 2 rings (SSSR count). The summed E-state index contributed by atoms with van der Waals surface area (Å²) < 4.78 is 5.49. The third kappa shape index (κ3) is 5.34. The van der Waals surface area contributed by atoms with Crippen molar-refractivity contribution in [3.8, 4) is 5.75 Å². The second-order valence-electron chi connectivity index (χ2n) is 4.83. The minimum Gasteiger partial charge on any atom is -0.491 e. The Morgan fingerprint density at radius 1 is 1.40 bits per heavy atom. The number of ether oxygens (including phenoxy) is 1. The number of hydrogen-bond acceptors (Lipinski definition) is 4. The van der Waals surface area contributed by atoms with E-state index in [-0.39, 0.29) is 6.61 Å². The normalized spacial score (nSPS) is 20.1. The van der Waals surface area contributed by atoms with Crippen molar-refractivity contribution in [2.24, 2.45) is 0 Å². The first-order valence-corrected chi connectivity index (χ1v) is 8.54. The van der Waals surface area contributed by atoms with E-state index in [1.54, 1.807) is 18.2 Å². The zero-order valence-electron chi connectivity index (χ0n) is 11.1. The highest BCUT2D eigenvalue weighted by atomic mass is 35.5. The Labute approximate surface area is 134 Å². The van der Waals surface area contributed by atoms with Crippen LogP contribution in [-0.4, -0.2) is 41.9 Å². The lowest BCUT2D eigenvalue weighted by atomic mass is 10.2. The largest absolute Gasteiger partial charge is 0.491 e. The minimum atomic E-state index is -0.532. The van der Waals surface area contributed by atoms with Gasteiger partial charge in [-0.05, 0) is 30.7 Å². The fourth-order valence-corrected chi connectivity index (χ4v) is 3.56. The number of benzene rings is 1. The van der Waals surface area contributed by atoms with E-state index in [0.717, 1.165) is 6.54 Å². The van der Waals surface area contributed by atoms with Gasteiger partial charge >= 0.3 is 0 Å². The van der Waals surface area contributed by atoms with E-state index in [9.17, 15) is 5.11 Å². The molecule has 112 valence electrons. The Morgan fingerprint density at radius 2 is 2.25 bits per heavy atom. The molecule has 1 aliphatic heterocycles. The van der Waals surface area contributed by atoms with Crippen LogP contribution in [0, 0.1) is 0 Å². The molecule has 0 aromatic heterocycles. The molecule has 20 heavy (non-hydrogen) atoms. The lowest BCUT2D eigenvalue weighted by molar-refractivity contribution is 0.106. The lowest BCUT2D eigenvalue weighted by Crippen LogP contribution is -2.34. The number of aliphatic hydroxyl groups excluding tert-OH is 1. The van der Waals surface area contributed by atoms with E-state index < -0.39 is 6.10 Å². The standard InChI is InChI=1S/C14H19Cl2NO2S/c15-13-4-3-11(6-14(13)16)19-9-10(18)7-17-8-12-2-1-5-20-12/h3-4,6,10,12,17-18H,1-2,5,7-9H2. The van der Waals surface area contributed by atoms with Crippen LogP contribution in [0.2, 0.25) is 10.0 Å². The summed E-state index contributed by atoms with van der Waals surface area (Å²) in [6, 6.07) is 5.07. The first kappa shape index (κ1) is 16.2. The monoisotopic (exact) mass is 335 g/mol. The van der Waals surface area contributed by atoms with Crippen molar-refractivity contribution < 1.29 is 9.84 Å². The first-order valence-electron chi connectivity index (χ1n) is 6.73. The van der Waals surface area contributed by atoms with Gasteiger partial charge in [0, 0.05) is 24.4 Å². The smallest absolute Gasteiger partial charge is 0.121 e. The van der Waals surface area contributed by atoms with E-state index in [4.69, 9.17) is 27.9 Å². The number of aliphatic hydroxyl groups is 1. The van der Waals surface area contributed by atoms with Crippen LogP contribution in [0.4, 0.5) is 0 Å². The lowest BCUT2D eigenvalue weighted by Gasteiger charge is -2.15. The Bertz CT molecular complexity index is 428. The highest BCUT2D eigenvalue weighted by Crippen LogP contribution is 2.26. The van der Waals surface area contributed by atoms with Gasteiger partial charge in [-0.2, -0.15) is 11.8 Å². The van der Waals surface area contributed by atoms with Crippen LogP contribution in [0.1, 0.15) is 12.8 Å². The van der Waals surface area contributed by atoms with Gasteiger partial charge in [0.2, 0.25) is 0 Å².